The number of carbonyl (C=O) groups is 1. The lowest BCUT2D eigenvalue weighted by atomic mass is 10.3. The number of sulfonamides is 1. The molecule has 0 aromatic carbocycles. The summed E-state index contributed by atoms with van der Waals surface area (Å²) in [6, 6.07) is 2.85. The number of rotatable bonds is 7. The molecule has 118 valence electrons. The van der Waals surface area contributed by atoms with Crippen molar-refractivity contribution < 1.29 is 18.3 Å². The lowest BCUT2D eigenvalue weighted by Gasteiger charge is -2.20. The number of nitrogens with one attached hydrogen (secondary N) is 1. The van der Waals surface area contributed by atoms with Gasteiger partial charge in [-0.05, 0) is 45.0 Å². The Bertz CT molecular complexity index is 591. The van der Waals surface area contributed by atoms with E-state index in [1.54, 1.807) is 6.07 Å². The van der Waals surface area contributed by atoms with Crippen molar-refractivity contribution in [2.45, 2.75) is 36.4 Å². The fraction of sp³-hybridized carbons (Fsp3) is 0.615. The maximum Gasteiger partial charge on any atom is 0.308 e. The Labute approximate surface area is 128 Å². The van der Waals surface area contributed by atoms with Crippen LogP contribution in [0.25, 0.3) is 0 Å². The Morgan fingerprint density at radius 3 is 2.71 bits per heavy atom. The number of hydrogen-bond acceptors (Lipinski definition) is 5. The average molecular weight is 332 g/mol. The molecule has 8 heteroatoms. The van der Waals surface area contributed by atoms with Crippen LogP contribution in [0, 0.1) is 0 Å². The highest BCUT2D eigenvalue weighted by molar-refractivity contribution is 7.91. The third-order valence-corrected chi connectivity index (χ3v) is 6.48. The summed E-state index contributed by atoms with van der Waals surface area (Å²) in [6.45, 7) is 4.59. The fourth-order valence-electron chi connectivity index (χ4n) is 2.46. The smallest absolute Gasteiger partial charge is 0.308 e. The Balaban J connectivity index is 1.96. The number of thiophene rings is 1. The van der Waals surface area contributed by atoms with Crippen molar-refractivity contribution in [2.24, 2.45) is 0 Å². The molecule has 2 heterocycles. The highest BCUT2D eigenvalue weighted by atomic mass is 32.2. The molecule has 1 aromatic rings. The van der Waals surface area contributed by atoms with Gasteiger partial charge in [-0.3, -0.25) is 4.79 Å². The van der Waals surface area contributed by atoms with Gasteiger partial charge in [0, 0.05) is 17.5 Å². The molecule has 0 aliphatic carbocycles. The van der Waals surface area contributed by atoms with Crippen LogP contribution in [-0.4, -0.2) is 50.1 Å². The molecule has 1 aliphatic heterocycles. The van der Waals surface area contributed by atoms with Crippen LogP contribution in [0.4, 0.5) is 0 Å². The molecule has 1 fully saturated rings. The highest BCUT2D eigenvalue weighted by Gasteiger charge is 2.22. The Kier molecular flexibility index (Phi) is 5.37. The van der Waals surface area contributed by atoms with Crippen molar-refractivity contribution in [1.82, 2.24) is 9.62 Å². The van der Waals surface area contributed by atoms with E-state index in [1.165, 1.54) is 18.9 Å². The molecule has 1 aliphatic rings. The van der Waals surface area contributed by atoms with Gasteiger partial charge < -0.3 is 10.0 Å². The van der Waals surface area contributed by atoms with Crippen molar-refractivity contribution in [2.75, 3.05) is 19.6 Å². The highest BCUT2D eigenvalue weighted by Crippen LogP contribution is 2.22. The van der Waals surface area contributed by atoms with Gasteiger partial charge in [0.2, 0.25) is 10.0 Å². The molecule has 1 unspecified atom stereocenters. The third kappa shape index (κ3) is 4.77. The molecule has 1 saturated heterocycles. The van der Waals surface area contributed by atoms with Crippen LogP contribution in [0.1, 0.15) is 24.6 Å². The number of carboxylic acids is 1. The molecule has 21 heavy (non-hydrogen) atoms. The van der Waals surface area contributed by atoms with Crippen LogP contribution in [0.2, 0.25) is 0 Å². The van der Waals surface area contributed by atoms with E-state index in [4.69, 9.17) is 5.11 Å². The molecule has 2 N–H and O–H groups in total. The van der Waals surface area contributed by atoms with Crippen molar-refractivity contribution in [3.63, 3.8) is 0 Å². The minimum atomic E-state index is -3.57. The van der Waals surface area contributed by atoms with E-state index in [0.29, 0.717) is 11.4 Å². The second kappa shape index (κ2) is 6.87. The minimum absolute atomic E-state index is 0.149. The van der Waals surface area contributed by atoms with Crippen LogP contribution in [-0.2, 0) is 21.2 Å². The van der Waals surface area contributed by atoms with Gasteiger partial charge in [-0.25, -0.2) is 13.1 Å². The molecular weight excluding hydrogens is 312 g/mol. The summed E-state index contributed by atoms with van der Waals surface area (Å²) in [6.07, 6.45) is 2.19. The average Bonchev–Trinajstić information content (AvgIpc) is 2.98. The molecule has 0 saturated carbocycles. The van der Waals surface area contributed by atoms with E-state index >= 15 is 0 Å². The molecule has 0 radical (unpaired) electrons. The third-order valence-electron chi connectivity index (χ3n) is 3.31. The van der Waals surface area contributed by atoms with Crippen LogP contribution in [0.5, 0.6) is 0 Å². The van der Waals surface area contributed by atoms with Gasteiger partial charge in [-0.1, -0.05) is 0 Å². The van der Waals surface area contributed by atoms with Gasteiger partial charge in [-0.15, -0.1) is 11.3 Å². The quantitative estimate of drug-likeness (QED) is 0.782. The first kappa shape index (κ1) is 16.4. The second-order valence-electron chi connectivity index (χ2n) is 5.32. The Hall–Kier alpha value is -0.960. The van der Waals surface area contributed by atoms with Gasteiger partial charge in [0.25, 0.3) is 0 Å². The second-order valence-corrected chi connectivity index (χ2v) is 8.43. The predicted molar refractivity (Wildman–Crippen MR) is 81.1 cm³/mol. The van der Waals surface area contributed by atoms with Gasteiger partial charge in [0.1, 0.15) is 4.21 Å². The van der Waals surface area contributed by atoms with Crippen LogP contribution >= 0.6 is 11.3 Å². The summed E-state index contributed by atoms with van der Waals surface area (Å²) in [4.78, 5) is 13.4. The number of likely N-dealkylation sites (tertiary alicyclic amines) is 1. The summed E-state index contributed by atoms with van der Waals surface area (Å²) in [5.41, 5.74) is 0. The molecule has 1 aromatic heterocycles. The minimum Gasteiger partial charge on any atom is -0.481 e. The monoisotopic (exact) mass is 332 g/mol. The van der Waals surface area contributed by atoms with Gasteiger partial charge in [0.05, 0.1) is 6.42 Å². The molecule has 0 spiro atoms. The van der Waals surface area contributed by atoms with Gasteiger partial charge in [-0.2, -0.15) is 0 Å². The van der Waals surface area contributed by atoms with Crippen LogP contribution < -0.4 is 4.72 Å². The first-order chi connectivity index (χ1) is 9.87. The maximum atomic E-state index is 12.2. The lowest BCUT2D eigenvalue weighted by molar-refractivity contribution is -0.136. The fourth-order valence-corrected chi connectivity index (χ4v) is 5.06. The molecule has 6 nitrogen and oxygen atoms in total. The van der Waals surface area contributed by atoms with E-state index < -0.39 is 16.0 Å². The molecule has 1 atom stereocenters. The summed E-state index contributed by atoms with van der Waals surface area (Å²) in [5.74, 6) is -0.962. The summed E-state index contributed by atoms with van der Waals surface area (Å²) >= 11 is 1.01. The van der Waals surface area contributed by atoms with E-state index in [-0.39, 0.29) is 16.7 Å². The normalized spacial score (nSPS) is 18.0. The van der Waals surface area contributed by atoms with Crippen LogP contribution in [0.3, 0.4) is 0 Å². The maximum absolute atomic E-state index is 12.2. The number of carboxylic acid groups (broad SMARTS) is 1. The van der Waals surface area contributed by atoms with E-state index in [9.17, 15) is 13.2 Å². The zero-order valence-electron chi connectivity index (χ0n) is 11.9. The topological polar surface area (TPSA) is 86.7 Å². The van der Waals surface area contributed by atoms with Gasteiger partial charge in [0.15, 0.2) is 0 Å². The Morgan fingerprint density at radius 2 is 2.10 bits per heavy atom. The van der Waals surface area contributed by atoms with Crippen LogP contribution in [0.15, 0.2) is 16.3 Å². The first-order valence-electron chi connectivity index (χ1n) is 6.92. The zero-order valence-corrected chi connectivity index (χ0v) is 13.5. The standard InChI is InChI=1S/C13H20N2O4S2/c1-10(9-15-6-2-3-7-15)14-21(18,19)13-5-4-11(20-13)8-12(16)17/h4-5,10,14H,2-3,6-9H2,1H3,(H,16,17). The van der Waals surface area contributed by atoms with E-state index in [1.807, 2.05) is 6.92 Å². The summed E-state index contributed by atoms with van der Waals surface area (Å²) < 4.78 is 27.3. The number of hydrogen-bond donors (Lipinski definition) is 2. The van der Waals surface area contributed by atoms with Crippen molar-refractivity contribution >= 4 is 27.3 Å². The Morgan fingerprint density at radius 1 is 1.43 bits per heavy atom. The molecular formula is C13H20N2O4S2. The largest absolute Gasteiger partial charge is 0.481 e. The number of aliphatic carboxylic acids is 1. The molecule has 0 amide bonds. The van der Waals surface area contributed by atoms with Gasteiger partial charge >= 0.3 is 5.97 Å². The van der Waals surface area contributed by atoms with Crippen molar-refractivity contribution in [3.8, 4) is 0 Å². The summed E-state index contributed by atoms with van der Waals surface area (Å²) in [5, 5.41) is 8.72. The SMILES string of the molecule is CC(CN1CCCC1)NS(=O)(=O)c1ccc(CC(=O)O)s1. The zero-order chi connectivity index (χ0) is 15.5. The molecule has 2 rings (SSSR count). The predicted octanol–water partition coefficient (Wildman–Crippen LogP) is 1.14. The summed E-state index contributed by atoms with van der Waals surface area (Å²) in [7, 11) is -3.57. The van der Waals surface area contributed by atoms with Crippen molar-refractivity contribution in [3.05, 3.63) is 17.0 Å². The first-order valence-corrected chi connectivity index (χ1v) is 9.22. The molecule has 0 bridgehead atoms. The van der Waals surface area contributed by atoms with E-state index in [0.717, 1.165) is 24.4 Å². The lowest BCUT2D eigenvalue weighted by Crippen LogP contribution is -2.40. The van der Waals surface area contributed by atoms with Crippen molar-refractivity contribution in [1.29, 1.82) is 0 Å². The number of nitrogens with zero attached hydrogens (tertiary/aromatic N) is 1. The van der Waals surface area contributed by atoms with E-state index in [2.05, 4.69) is 9.62 Å².